The number of urea groups is 1. The Hall–Kier alpha value is -5.62. The van der Waals surface area contributed by atoms with Crippen molar-refractivity contribution in [2.45, 2.75) is 255 Å². The van der Waals surface area contributed by atoms with Gasteiger partial charge < -0.3 is 72.1 Å². The summed E-state index contributed by atoms with van der Waals surface area (Å²) in [5, 5.41) is 28.3. The fourth-order valence-corrected chi connectivity index (χ4v) is 16.5. The number of amides is 9. The van der Waals surface area contributed by atoms with Gasteiger partial charge in [-0.2, -0.15) is 38.5 Å². The Morgan fingerprint density at radius 3 is 1.85 bits per heavy atom. The molecule has 9 amide bonds. The number of thioether (sulfide) groups is 2. The lowest BCUT2D eigenvalue weighted by atomic mass is 9.89. The first kappa shape index (κ1) is 86.0. The van der Waals surface area contributed by atoms with Crippen molar-refractivity contribution in [1.29, 1.82) is 0 Å². The van der Waals surface area contributed by atoms with Crippen LogP contribution in [0.15, 0.2) is 24.3 Å². The van der Waals surface area contributed by atoms with E-state index in [-0.39, 0.29) is 92.9 Å². The normalized spacial score (nSPS) is 19.9. The number of ether oxygens (including phenoxy) is 4. The van der Waals surface area contributed by atoms with Crippen molar-refractivity contribution in [1.82, 2.24) is 56.3 Å². The highest BCUT2D eigenvalue weighted by molar-refractivity contribution is 7.99. The number of fused-ring (bicyclic) bond motifs is 4. The second kappa shape index (κ2) is 44.9. The van der Waals surface area contributed by atoms with Crippen LogP contribution in [0.2, 0.25) is 0 Å². The Morgan fingerprint density at radius 1 is 0.683 bits per heavy atom. The Labute approximate surface area is 610 Å². The highest BCUT2D eigenvalue weighted by Gasteiger charge is 2.44. The van der Waals surface area contributed by atoms with Gasteiger partial charge in [0.15, 0.2) is 0 Å². The number of benzene rings is 1. The van der Waals surface area contributed by atoms with Gasteiger partial charge in [-0.1, -0.05) is 113 Å². The number of primary amides is 1. The molecule has 10 N–H and O–H groups in total. The first-order valence-corrected chi connectivity index (χ1v) is 39.2. The number of methoxy groups -OCH3 is 2. The number of nitrogens with one attached hydrogen (secondary N) is 6. The molecule has 1 saturated heterocycles. The summed E-state index contributed by atoms with van der Waals surface area (Å²) >= 11 is 4.10. The zero-order valence-corrected chi connectivity index (χ0v) is 64.8. The molecule has 5 rings (SSSR count). The lowest BCUT2D eigenvalue weighted by Gasteiger charge is -2.41. The summed E-state index contributed by atoms with van der Waals surface area (Å²) in [6.07, 6.45) is 13.2. The third kappa shape index (κ3) is 28.1. The van der Waals surface area contributed by atoms with Crippen molar-refractivity contribution in [2.75, 3.05) is 86.7 Å². The predicted molar refractivity (Wildman–Crippen MR) is 398 cm³/mol. The van der Waals surface area contributed by atoms with E-state index in [0.29, 0.717) is 74.6 Å². The van der Waals surface area contributed by atoms with E-state index in [1.807, 2.05) is 84.1 Å². The molecular weight excluding hydrogens is 1330 g/mol. The number of aromatic nitrogens is 3. The molecule has 1 saturated carbocycles. The summed E-state index contributed by atoms with van der Waals surface area (Å²) in [6.45, 7) is 19.5. The quantitative estimate of drug-likeness (QED) is 0.0318. The molecule has 2 bridgehead atoms. The van der Waals surface area contributed by atoms with Gasteiger partial charge in [-0.15, -0.1) is 0 Å². The second-order valence-corrected chi connectivity index (χ2v) is 31.6. The smallest absolute Gasteiger partial charge is 0.312 e. The summed E-state index contributed by atoms with van der Waals surface area (Å²) in [6, 6.07) is 1.59. The fraction of sp³-hybridized carbons (Fsp3) is 0.781. The first-order chi connectivity index (χ1) is 48.2. The minimum absolute atomic E-state index is 0.00511. The molecule has 2 aromatic rings. The average Bonchev–Trinajstić information content (AvgIpc) is 1.80. The maximum atomic E-state index is 14.5. The molecule has 101 heavy (non-hydrogen) atoms. The summed E-state index contributed by atoms with van der Waals surface area (Å²) in [4.78, 5) is 117. The van der Waals surface area contributed by atoms with E-state index in [1.54, 1.807) is 73.8 Å². The zero-order valence-electron chi connectivity index (χ0n) is 63.2. The van der Waals surface area contributed by atoms with Crippen LogP contribution >= 0.6 is 23.5 Å². The molecule has 572 valence electrons. The van der Waals surface area contributed by atoms with Crippen molar-refractivity contribution < 1.29 is 57.3 Å². The molecule has 3 heterocycles. The van der Waals surface area contributed by atoms with E-state index in [4.69, 9.17) is 40.6 Å². The molecule has 2 unspecified atom stereocenters. The van der Waals surface area contributed by atoms with Gasteiger partial charge in [0.05, 0.1) is 87.0 Å². The van der Waals surface area contributed by atoms with Crippen LogP contribution in [-0.2, 0) is 77.0 Å². The van der Waals surface area contributed by atoms with Gasteiger partial charge >= 0.3 is 6.03 Å². The number of hydrogen-bond donors (Lipinski definition) is 8. The molecule has 1 aliphatic carbocycles. The van der Waals surface area contributed by atoms with Crippen LogP contribution in [0, 0.1) is 29.6 Å². The number of anilines is 1. The minimum Gasteiger partial charge on any atom is -0.379 e. The van der Waals surface area contributed by atoms with Crippen LogP contribution < -0.4 is 43.4 Å². The first-order valence-electron chi connectivity index (χ1n) is 37.1. The van der Waals surface area contributed by atoms with Gasteiger partial charge in [-0.25, -0.2) is 4.79 Å². The maximum Gasteiger partial charge on any atom is 0.312 e. The van der Waals surface area contributed by atoms with Gasteiger partial charge in [0, 0.05) is 81.1 Å². The molecule has 13 atom stereocenters. The summed E-state index contributed by atoms with van der Waals surface area (Å²) in [5.74, 6) is -2.01. The van der Waals surface area contributed by atoms with Gasteiger partial charge in [0.25, 0.3) is 0 Å². The van der Waals surface area contributed by atoms with Crippen molar-refractivity contribution in [3.05, 3.63) is 41.2 Å². The summed E-state index contributed by atoms with van der Waals surface area (Å²) < 4.78 is 23.8. The predicted octanol–water partition coefficient (Wildman–Crippen LogP) is 6.79. The molecule has 2 aliphatic heterocycles. The van der Waals surface area contributed by atoms with Crippen LogP contribution in [0.5, 0.6) is 0 Å². The highest BCUT2D eigenvalue weighted by atomic mass is 32.2. The lowest BCUT2D eigenvalue weighted by molar-refractivity contribution is -0.148. The SMILES string of the molecule is CC[C@H](C)[C@@H]([C@@H](CC(=O)N1CCC[C@H]1[C@H](OC)[C@@H](C)C(=O)N[C@H](CN)Cc1ccc(NC(=O)[C@H](CCCNC(N)=O)NC(=O)[C@@H](NC(=O)CCOCCOCCn2nc3c(n2)CSC2CCCCCCCC(CC2)SC3)C(C)C)cc1)OC)N(C)C(=O)[C@@H](NC(=O)[C@H](C(C)C)N(C)C)C(C)C. The standard InChI is InChI=1S/C73H126N14O12S2/c1-15-49(8)66(85(12)72(94)64(47(4)5)81-71(93)65(48(6)7)84(10)11)60(96-13)42-62(89)86-35-22-26-59(86)67(97-14)50(9)68(90)78-53(43-74)41-51-27-29-52(30-28-51)77-69(91)56(25-21-34-76-73(75)95)79-70(92)63(46(2)3)80-61(88)33-37-98-39-40-99-38-36-87-82-57-44-100-54-23-19-17-16-18-20-24-55(32-31-54)101-45-58(57)83-87/h27-30,46-50,53-56,59-60,63-67H,15-26,31-45,74H2,1-14H3,(H,77,91)(H,78,90)(H,79,92)(H,80,88)(H,81,93)(H3,75,76,95)/t49-,50+,53-,54?,55?,56-,59-,60+,63-,64-,65-,66-,67+/m0/s1. The fourth-order valence-electron chi connectivity index (χ4n) is 14.0. The van der Waals surface area contributed by atoms with E-state index in [9.17, 15) is 38.4 Å². The Balaban J connectivity index is 1.10. The topological polar surface area (TPSA) is 338 Å². The molecule has 2 fully saturated rings. The number of hydrogen-bond acceptors (Lipinski definition) is 18. The Bertz CT molecular complexity index is 2830. The molecule has 1 aromatic carbocycles. The molecule has 0 radical (unpaired) electrons. The molecule has 3 aliphatic rings. The van der Waals surface area contributed by atoms with E-state index in [0.717, 1.165) is 28.5 Å². The van der Waals surface area contributed by atoms with Crippen LogP contribution in [0.3, 0.4) is 0 Å². The van der Waals surface area contributed by atoms with Gasteiger partial charge in [-0.05, 0) is 113 Å². The molecule has 1 aromatic heterocycles. The summed E-state index contributed by atoms with van der Waals surface area (Å²) in [5.41, 5.74) is 15.0. The molecule has 26 nitrogen and oxygen atoms in total. The van der Waals surface area contributed by atoms with E-state index < -0.39 is 84.2 Å². The second-order valence-electron chi connectivity index (χ2n) is 29.0. The third-order valence-electron chi connectivity index (χ3n) is 20.0. The van der Waals surface area contributed by atoms with Crippen LogP contribution in [0.4, 0.5) is 10.5 Å². The van der Waals surface area contributed by atoms with Crippen LogP contribution in [-0.4, -0.2) is 224 Å². The lowest BCUT2D eigenvalue weighted by Crippen LogP contribution is -2.59. The van der Waals surface area contributed by atoms with Gasteiger partial charge in [-0.3, -0.25) is 38.5 Å². The van der Waals surface area contributed by atoms with E-state index >= 15 is 0 Å². The van der Waals surface area contributed by atoms with Crippen molar-refractivity contribution in [3.63, 3.8) is 0 Å². The molecular formula is C73H126N14O12S2. The third-order valence-corrected chi connectivity index (χ3v) is 22.8. The Morgan fingerprint density at radius 2 is 1.30 bits per heavy atom. The zero-order chi connectivity index (χ0) is 74.3. The van der Waals surface area contributed by atoms with Crippen LogP contribution in [0.25, 0.3) is 0 Å². The van der Waals surface area contributed by atoms with Gasteiger partial charge in [0.2, 0.25) is 41.4 Å². The van der Waals surface area contributed by atoms with Crippen molar-refractivity contribution >= 4 is 76.6 Å². The minimum atomic E-state index is -1.06. The number of rotatable bonds is 40. The van der Waals surface area contributed by atoms with Crippen molar-refractivity contribution in [2.24, 2.45) is 41.1 Å². The number of nitrogens with zero attached hydrogens (tertiary/aromatic N) is 6. The number of nitrogens with two attached hydrogens (primary N) is 2. The van der Waals surface area contributed by atoms with E-state index in [1.165, 1.54) is 64.9 Å². The maximum absolute atomic E-state index is 14.5. The number of carbonyl (C=O) groups excluding carboxylic acids is 8. The molecule has 0 spiro atoms. The van der Waals surface area contributed by atoms with E-state index in [2.05, 4.69) is 31.9 Å². The van der Waals surface area contributed by atoms with Crippen LogP contribution in [0.1, 0.15) is 182 Å². The highest BCUT2D eigenvalue weighted by Crippen LogP contribution is 2.36. The largest absolute Gasteiger partial charge is 0.379 e. The number of likely N-dealkylation sites (N-methyl/N-ethyl adjacent to an activating group) is 2. The van der Waals surface area contributed by atoms with Gasteiger partial charge in [0.1, 0.15) is 18.1 Å². The average molecular weight is 1460 g/mol. The monoisotopic (exact) mass is 1450 g/mol. The summed E-state index contributed by atoms with van der Waals surface area (Å²) in [7, 11) is 8.49. The Kier molecular flexibility index (Phi) is 38.2. The van der Waals surface area contributed by atoms with Crippen molar-refractivity contribution in [3.8, 4) is 0 Å². The molecule has 28 heteroatoms. The number of carbonyl (C=O) groups is 8. The number of likely N-dealkylation sites (tertiary alicyclic amines) is 1.